The van der Waals surface area contributed by atoms with Crippen LogP contribution in [0.1, 0.15) is 45.4 Å². The van der Waals surface area contributed by atoms with Gasteiger partial charge in [-0.25, -0.2) is 9.78 Å². The molecule has 32 heavy (non-hydrogen) atoms. The summed E-state index contributed by atoms with van der Waals surface area (Å²) >= 11 is 0. The molecule has 1 aromatic carbocycles. The second-order valence-corrected chi connectivity index (χ2v) is 8.25. The van der Waals surface area contributed by atoms with Gasteiger partial charge in [-0.05, 0) is 38.0 Å². The molecule has 1 aliphatic rings. The molecule has 0 unspecified atom stereocenters. The maximum absolute atomic E-state index is 13.2. The van der Waals surface area contributed by atoms with E-state index in [0.717, 1.165) is 48.3 Å². The van der Waals surface area contributed by atoms with Crippen molar-refractivity contribution in [2.24, 2.45) is 0 Å². The lowest BCUT2D eigenvalue weighted by Gasteiger charge is -2.33. The van der Waals surface area contributed by atoms with Crippen molar-refractivity contribution in [2.45, 2.75) is 25.8 Å². The SMILES string of the molecule is COC(=O)c1cccc2[nH]cc(C(=O)CN3CCC(n4c(C)nc5cnccc54)CC3)c12. The summed E-state index contributed by atoms with van der Waals surface area (Å²) in [6.45, 7) is 4.01. The monoisotopic (exact) mass is 431 g/mol. The van der Waals surface area contributed by atoms with Crippen LogP contribution in [-0.2, 0) is 4.74 Å². The Morgan fingerprint density at radius 1 is 1.19 bits per heavy atom. The smallest absolute Gasteiger partial charge is 0.338 e. The van der Waals surface area contributed by atoms with E-state index in [2.05, 4.69) is 24.4 Å². The molecule has 8 nitrogen and oxygen atoms in total. The molecule has 3 aromatic heterocycles. The summed E-state index contributed by atoms with van der Waals surface area (Å²) in [5.41, 5.74) is 3.73. The first-order valence-corrected chi connectivity index (χ1v) is 10.8. The van der Waals surface area contributed by atoms with Crippen molar-refractivity contribution in [1.82, 2.24) is 24.4 Å². The molecule has 4 heterocycles. The number of aromatic nitrogens is 4. The third kappa shape index (κ3) is 3.46. The normalized spacial score (nSPS) is 15.4. The number of Topliss-reactive ketones (excluding diaryl/α,β-unsaturated/α-hetero) is 1. The lowest BCUT2D eigenvalue weighted by Crippen LogP contribution is -2.38. The summed E-state index contributed by atoms with van der Waals surface area (Å²) in [6.07, 6.45) is 7.20. The number of piperidine rings is 1. The molecule has 1 aliphatic heterocycles. The average molecular weight is 431 g/mol. The lowest BCUT2D eigenvalue weighted by molar-refractivity contribution is 0.0603. The largest absolute Gasteiger partial charge is 0.465 e. The zero-order valence-electron chi connectivity index (χ0n) is 18.2. The Morgan fingerprint density at radius 3 is 2.78 bits per heavy atom. The number of carbonyl (C=O) groups is 2. The summed E-state index contributed by atoms with van der Waals surface area (Å²) in [7, 11) is 1.35. The quantitative estimate of drug-likeness (QED) is 0.384. The number of aromatic amines is 1. The summed E-state index contributed by atoms with van der Waals surface area (Å²) < 4.78 is 7.20. The van der Waals surface area contributed by atoms with Crippen LogP contribution in [0.15, 0.2) is 42.9 Å². The van der Waals surface area contributed by atoms with E-state index in [1.807, 2.05) is 19.1 Å². The highest BCUT2D eigenvalue weighted by Crippen LogP contribution is 2.29. The number of hydrogen-bond acceptors (Lipinski definition) is 6. The summed E-state index contributed by atoms with van der Waals surface area (Å²) in [5, 5.41) is 0.633. The third-order valence-electron chi connectivity index (χ3n) is 6.37. The summed E-state index contributed by atoms with van der Waals surface area (Å²) in [5.74, 6) is 0.557. The van der Waals surface area contributed by atoms with E-state index >= 15 is 0 Å². The van der Waals surface area contributed by atoms with Gasteiger partial charge in [0.25, 0.3) is 0 Å². The Labute approximate surface area is 185 Å². The first-order chi connectivity index (χ1) is 15.6. The number of methoxy groups -OCH3 is 1. The van der Waals surface area contributed by atoms with Crippen LogP contribution in [0.25, 0.3) is 21.9 Å². The highest BCUT2D eigenvalue weighted by molar-refractivity contribution is 6.15. The number of H-pyrrole nitrogens is 1. The minimum absolute atomic E-state index is 0.00129. The fourth-order valence-corrected chi connectivity index (χ4v) is 4.84. The van der Waals surface area contributed by atoms with Gasteiger partial charge in [-0.3, -0.25) is 14.7 Å². The van der Waals surface area contributed by atoms with Crippen LogP contribution in [0.5, 0.6) is 0 Å². The maximum Gasteiger partial charge on any atom is 0.338 e. The van der Waals surface area contributed by atoms with Gasteiger partial charge in [0.1, 0.15) is 11.3 Å². The highest BCUT2D eigenvalue weighted by Gasteiger charge is 2.26. The van der Waals surface area contributed by atoms with Crippen LogP contribution in [0, 0.1) is 6.92 Å². The summed E-state index contributed by atoms with van der Waals surface area (Å²) in [6, 6.07) is 7.70. The van der Waals surface area contributed by atoms with Gasteiger partial charge in [0.15, 0.2) is 5.78 Å². The van der Waals surface area contributed by atoms with Crippen molar-refractivity contribution in [3.8, 4) is 0 Å². The molecule has 0 saturated carbocycles. The number of hydrogen-bond donors (Lipinski definition) is 1. The fraction of sp³-hybridized carbons (Fsp3) is 0.333. The molecule has 5 rings (SSSR count). The van der Waals surface area contributed by atoms with E-state index in [1.165, 1.54) is 7.11 Å². The van der Waals surface area contributed by atoms with Gasteiger partial charge in [-0.1, -0.05) is 6.07 Å². The van der Waals surface area contributed by atoms with Crippen molar-refractivity contribution >= 4 is 33.7 Å². The topological polar surface area (TPSA) is 93.1 Å². The van der Waals surface area contributed by atoms with Crippen molar-refractivity contribution in [2.75, 3.05) is 26.7 Å². The van der Waals surface area contributed by atoms with Gasteiger partial charge in [0.2, 0.25) is 0 Å². The molecule has 0 aliphatic carbocycles. The molecular weight excluding hydrogens is 406 g/mol. The number of carbonyl (C=O) groups excluding carboxylic acids is 2. The Kier molecular flexibility index (Phi) is 5.22. The van der Waals surface area contributed by atoms with Crippen molar-refractivity contribution in [3.63, 3.8) is 0 Å². The first kappa shape index (κ1) is 20.4. The molecular formula is C24H25N5O3. The molecule has 0 radical (unpaired) electrons. The number of benzene rings is 1. The van der Waals surface area contributed by atoms with Gasteiger partial charge in [0.05, 0.1) is 30.9 Å². The Morgan fingerprint density at radius 2 is 2.00 bits per heavy atom. The highest BCUT2D eigenvalue weighted by atomic mass is 16.5. The Hall–Kier alpha value is -3.52. The number of fused-ring (bicyclic) bond motifs is 2. The number of aryl methyl sites for hydroxylation is 1. The van der Waals surface area contributed by atoms with E-state index in [0.29, 0.717) is 29.1 Å². The number of nitrogens with zero attached hydrogens (tertiary/aromatic N) is 4. The molecule has 1 fully saturated rings. The van der Waals surface area contributed by atoms with E-state index in [-0.39, 0.29) is 5.78 Å². The van der Waals surface area contributed by atoms with E-state index in [4.69, 9.17) is 4.74 Å². The predicted molar refractivity (Wildman–Crippen MR) is 121 cm³/mol. The number of likely N-dealkylation sites (tertiary alicyclic amines) is 1. The standard InChI is InChI=1S/C24H25N5O3/c1-15-27-20-13-25-9-6-21(20)29(15)16-7-10-28(11-8-16)14-22(30)18-12-26-19-5-3-4-17(23(18)19)24(31)32-2/h3-6,9,12-13,16,26H,7-8,10-11,14H2,1-2H3. The van der Waals surface area contributed by atoms with Gasteiger partial charge in [-0.15, -0.1) is 0 Å². The number of ether oxygens (including phenoxy) is 1. The van der Waals surface area contributed by atoms with E-state index < -0.39 is 5.97 Å². The number of ketones is 1. The third-order valence-corrected chi connectivity index (χ3v) is 6.37. The van der Waals surface area contributed by atoms with Gasteiger partial charge >= 0.3 is 5.97 Å². The number of rotatable bonds is 5. The predicted octanol–water partition coefficient (Wildman–Crippen LogP) is 3.53. The van der Waals surface area contributed by atoms with Gasteiger partial charge in [-0.2, -0.15) is 0 Å². The number of esters is 1. The molecule has 0 atom stereocenters. The summed E-state index contributed by atoms with van der Waals surface area (Å²) in [4.78, 5) is 39.5. The Balaban J connectivity index is 1.31. The molecule has 0 bridgehead atoms. The molecule has 1 N–H and O–H groups in total. The van der Waals surface area contributed by atoms with Crippen LogP contribution in [-0.4, -0.2) is 62.9 Å². The zero-order valence-corrected chi connectivity index (χ0v) is 18.2. The Bertz CT molecular complexity index is 1310. The van der Waals surface area contributed by atoms with Gasteiger partial charge < -0.3 is 14.3 Å². The van der Waals surface area contributed by atoms with Crippen molar-refractivity contribution < 1.29 is 14.3 Å². The van der Waals surface area contributed by atoms with E-state index in [9.17, 15) is 9.59 Å². The van der Waals surface area contributed by atoms with Crippen molar-refractivity contribution in [3.05, 3.63) is 59.8 Å². The molecule has 0 amide bonds. The van der Waals surface area contributed by atoms with Crippen LogP contribution >= 0.6 is 0 Å². The first-order valence-electron chi connectivity index (χ1n) is 10.8. The lowest BCUT2D eigenvalue weighted by atomic mass is 10.0. The molecule has 0 spiro atoms. The van der Waals surface area contributed by atoms with Crippen LogP contribution in [0.2, 0.25) is 0 Å². The van der Waals surface area contributed by atoms with Crippen molar-refractivity contribution in [1.29, 1.82) is 0 Å². The van der Waals surface area contributed by atoms with Crippen LogP contribution in [0.4, 0.5) is 0 Å². The van der Waals surface area contributed by atoms with Gasteiger partial charge in [0, 0.05) is 48.0 Å². The second-order valence-electron chi connectivity index (χ2n) is 8.25. The van der Waals surface area contributed by atoms with E-state index in [1.54, 1.807) is 30.7 Å². The zero-order chi connectivity index (χ0) is 22.2. The number of nitrogens with one attached hydrogen (secondary N) is 1. The maximum atomic E-state index is 13.2. The molecule has 4 aromatic rings. The minimum Gasteiger partial charge on any atom is -0.465 e. The second kappa shape index (κ2) is 8.20. The molecule has 1 saturated heterocycles. The molecule has 164 valence electrons. The average Bonchev–Trinajstić information content (AvgIpc) is 3.39. The number of pyridine rings is 1. The number of imidazole rings is 1. The fourth-order valence-electron chi connectivity index (χ4n) is 4.84. The van der Waals surface area contributed by atoms with Crippen LogP contribution in [0.3, 0.4) is 0 Å². The van der Waals surface area contributed by atoms with Crippen LogP contribution < -0.4 is 0 Å². The molecule has 8 heteroatoms. The minimum atomic E-state index is -0.441.